The van der Waals surface area contributed by atoms with Crippen LogP contribution < -0.4 is 14.9 Å². The highest BCUT2D eigenvalue weighted by molar-refractivity contribution is 9.10. The fourth-order valence-electron chi connectivity index (χ4n) is 2.55. The van der Waals surface area contributed by atoms with Gasteiger partial charge in [-0.1, -0.05) is 45.9 Å². The molecule has 1 aliphatic heterocycles. The summed E-state index contributed by atoms with van der Waals surface area (Å²) in [7, 11) is 1.55. The summed E-state index contributed by atoms with van der Waals surface area (Å²) in [5, 5.41) is 1.08. The third-order valence-electron chi connectivity index (χ3n) is 3.91. The molecule has 3 rings (SSSR count). The third kappa shape index (κ3) is 4.80. The minimum Gasteiger partial charge on any atom is -0.493 e. The lowest BCUT2D eigenvalue weighted by atomic mass is 10.2. The van der Waals surface area contributed by atoms with Crippen LogP contribution in [-0.2, 0) is 4.79 Å². The maximum Gasteiger partial charge on any atom is 0.285 e. The quantitative estimate of drug-likeness (QED) is 0.475. The Balaban J connectivity index is 1.84. The molecule has 0 unspecified atom stereocenters. The fraction of sp³-hybridized carbons (Fsp3) is 0.150. The van der Waals surface area contributed by atoms with Gasteiger partial charge in [-0.15, -0.1) is 0 Å². The molecule has 0 atom stereocenters. The summed E-state index contributed by atoms with van der Waals surface area (Å²) in [5.41, 5.74) is 3.72. The van der Waals surface area contributed by atoms with Gasteiger partial charge in [0.1, 0.15) is 0 Å². The number of methoxy groups -OCH3 is 1. The number of nitrogens with zero attached hydrogens (tertiary/aromatic N) is 1. The van der Waals surface area contributed by atoms with E-state index in [-0.39, 0.29) is 4.32 Å². The minimum atomic E-state index is -0.410. The predicted molar refractivity (Wildman–Crippen MR) is 121 cm³/mol. The normalized spacial score (nSPS) is 15.0. The van der Waals surface area contributed by atoms with Crippen LogP contribution in [-0.4, -0.2) is 34.9 Å². The number of carbonyl (C=O) groups is 2. The van der Waals surface area contributed by atoms with Crippen molar-refractivity contribution in [3.63, 3.8) is 0 Å². The van der Waals surface area contributed by atoms with E-state index in [1.165, 1.54) is 0 Å². The Kier molecular flexibility index (Phi) is 6.94. The molecule has 0 aromatic heterocycles. The number of amides is 2. The summed E-state index contributed by atoms with van der Waals surface area (Å²) in [5.74, 6) is 0.340. The Bertz CT molecular complexity index is 995. The van der Waals surface area contributed by atoms with Crippen molar-refractivity contribution in [2.45, 2.75) is 6.92 Å². The Labute approximate surface area is 186 Å². The van der Waals surface area contributed by atoms with E-state index in [1.807, 2.05) is 13.0 Å². The van der Waals surface area contributed by atoms with Crippen LogP contribution in [0.4, 0.5) is 0 Å². The van der Waals surface area contributed by atoms with Gasteiger partial charge in [0.25, 0.3) is 11.8 Å². The van der Waals surface area contributed by atoms with Crippen molar-refractivity contribution >= 4 is 62.1 Å². The molecule has 0 aliphatic carbocycles. The SMILES string of the molecule is CCOc1cc(Br)c(/C=C2\SC(=S)N(NC(=O)c3ccccc3)C2=O)cc1OC. The van der Waals surface area contributed by atoms with Crippen LogP contribution in [0.2, 0.25) is 0 Å². The molecule has 1 fully saturated rings. The highest BCUT2D eigenvalue weighted by Crippen LogP contribution is 2.37. The molecule has 1 heterocycles. The molecule has 1 N–H and O–H groups in total. The van der Waals surface area contributed by atoms with Gasteiger partial charge in [0.15, 0.2) is 15.8 Å². The Morgan fingerprint density at radius 3 is 2.66 bits per heavy atom. The maximum absolute atomic E-state index is 12.8. The average Bonchev–Trinajstić information content (AvgIpc) is 2.98. The molecule has 150 valence electrons. The first-order valence-electron chi connectivity index (χ1n) is 8.59. The average molecular weight is 493 g/mol. The zero-order chi connectivity index (χ0) is 21.0. The largest absolute Gasteiger partial charge is 0.493 e. The summed E-state index contributed by atoms with van der Waals surface area (Å²) in [6.07, 6.45) is 1.69. The number of hydrogen-bond donors (Lipinski definition) is 1. The topological polar surface area (TPSA) is 67.9 Å². The number of benzene rings is 2. The van der Waals surface area contributed by atoms with E-state index in [0.717, 1.165) is 26.8 Å². The summed E-state index contributed by atoms with van der Waals surface area (Å²) in [6, 6.07) is 12.2. The number of ether oxygens (including phenoxy) is 2. The van der Waals surface area contributed by atoms with Gasteiger partial charge in [0.05, 0.1) is 18.6 Å². The number of thioether (sulfide) groups is 1. The van der Waals surface area contributed by atoms with Crippen molar-refractivity contribution in [3.8, 4) is 11.5 Å². The van der Waals surface area contributed by atoms with E-state index in [1.54, 1.807) is 49.6 Å². The third-order valence-corrected chi connectivity index (χ3v) is 5.90. The van der Waals surface area contributed by atoms with Crippen LogP contribution >= 0.6 is 39.9 Å². The zero-order valence-electron chi connectivity index (χ0n) is 15.6. The molecule has 9 heteroatoms. The number of hydrazine groups is 1. The molecule has 0 bridgehead atoms. The summed E-state index contributed by atoms with van der Waals surface area (Å²) < 4.78 is 11.9. The monoisotopic (exact) mass is 492 g/mol. The lowest BCUT2D eigenvalue weighted by Gasteiger charge is -2.15. The standard InChI is InChI=1S/C20H17BrN2O4S2/c1-3-27-16-11-14(21)13(9-15(16)26-2)10-17-19(25)23(20(28)29-17)22-18(24)12-7-5-4-6-8-12/h4-11H,3H2,1-2H3,(H,22,24)/b17-10-. The van der Waals surface area contributed by atoms with Crippen molar-refractivity contribution in [2.24, 2.45) is 0 Å². The molecule has 2 aromatic carbocycles. The molecule has 6 nitrogen and oxygen atoms in total. The molecule has 2 amide bonds. The van der Waals surface area contributed by atoms with E-state index in [9.17, 15) is 9.59 Å². The van der Waals surface area contributed by atoms with Gasteiger partial charge in [-0.3, -0.25) is 15.0 Å². The highest BCUT2D eigenvalue weighted by Gasteiger charge is 2.34. The Morgan fingerprint density at radius 2 is 2.00 bits per heavy atom. The lowest BCUT2D eigenvalue weighted by molar-refractivity contribution is -0.123. The molecule has 29 heavy (non-hydrogen) atoms. The Hall–Kier alpha value is -2.36. The first kappa shape index (κ1) is 21.4. The van der Waals surface area contributed by atoms with Gasteiger partial charge < -0.3 is 9.47 Å². The lowest BCUT2D eigenvalue weighted by Crippen LogP contribution is -2.44. The molecule has 0 saturated carbocycles. The van der Waals surface area contributed by atoms with E-state index in [2.05, 4.69) is 21.4 Å². The predicted octanol–water partition coefficient (Wildman–Crippen LogP) is 4.40. The van der Waals surface area contributed by atoms with Crippen LogP contribution in [0, 0.1) is 0 Å². The number of carbonyl (C=O) groups excluding carboxylic acids is 2. The van der Waals surface area contributed by atoms with Crippen LogP contribution in [0.1, 0.15) is 22.8 Å². The molecule has 2 aromatic rings. The van der Waals surface area contributed by atoms with Crippen LogP contribution in [0.5, 0.6) is 11.5 Å². The molecular formula is C20H17BrN2O4S2. The minimum absolute atomic E-state index is 0.250. The second-order valence-corrected chi connectivity index (χ2v) is 8.31. The van der Waals surface area contributed by atoms with Gasteiger partial charge in [0, 0.05) is 10.0 Å². The Morgan fingerprint density at radius 1 is 1.28 bits per heavy atom. The van der Waals surface area contributed by atoms with Gasteiger partial charge in [0.2, 0.25) is 0 Å². The van der Waals surface area contributed by atoms with Crippen molar-refractivity contribution in [3.05, 3.63) is 63.0 Å². The first-order valence-corrected chi connectivity index (χ1v) is 10.6. The van der Waals surface area contributed by atoms with Gasteiger partial charge >= 0.3 is 0 Å². The van der Waals surface area contributed by atoms with Gasteiger partial charge in [-0.2, -0.15) is 5.01 Å². The summed E-state index contributed by atoms with van der Waals surface area (Å²) in [4.78, 5) is 25.5. The van der Waals surface area contributed by atoms with Gasteiger partial charge in [-0.05, 0) is 55.0 Å². The number of halogens is 1. The van der Waals surface area contributed by atoms with E-state index >= 15 is 0 Å². The van der Waals surface area contributed by atoms with E-state index in [0.29, 0.717) is 28.6 Å². The van der Waals surface area contributed by atoms with Crippen molar-refractivity contribution < 1.29 is 19.1 Å². The second kappa shape index (κ2) is 9.43. The van der Waals surface area contributed by atoms with Gasteiger partial charge in [-0.25, -0.2) is 0 Å². The first-order chi connectivity index (χ1) is 13.9. The van der Waals surface area contributed by atoms with Crippen molar-refractivity contribution in [1.82, 2.24) is 10.4 Å². The fourth-order valence-corrected chi connectivity index (χ4v) is 4.16. The van der Waals surface area contributed by atoms with Crippen molar-refractivity contribution in [2.75, 3.05) is 13.7 Å². The van der Waals surface area contributed by atoms with Crippen LogP contribution in [0.15, 0.2) is 51.8 Å². The van der Waals surface area contributed by atoms with E-state index < -0.39 is 11.8 Å². The van der Waals surface area contributed by atoms with Crippen molar-refractivity contribution in [1.29, 1.82) is 0 Å². The number of rotatable bonds is 6. The zero-order valence-corrected chi connectivity index (χ0v) is 18.8. The number of thiocarbonyl (C=S) groups is 1. The second-order valence-electron chi connectivity index (χ2n) is 5.78. The van der Waals surface area contributed by atoms with Crippen LogP contribution in [0.3, 0.4) is 0 Å². The highest BCUT2D eigenvalue weighted by atomic mass is 79.9. The molecule has 0 spiro atoms. The summed E-state index contributed by atoms with van der Waals surface area (Å²) in [6.45, 7) is 2.39. The van der Waals surface area contributed by atoms with E-state index in [4.69, 9.17) is 21.7 Å². The smallest absolute Gasteiger partial charge is 0.285 e. The maximum atomic E-state index is 12.8. The molecule has 1 aliphatic rings. The summed E-state index contributed by atoms with van der Waals surface area (Å²) >= 11 is 9.88. The molecule has 1 saturated heterocycles. The number of hydrogen-bond acceptors (Lipinski definition) is 6. The van der Waals surface area contributed by atoms with Crippen LogP contribution in [0.25, 0.3) is 6.08 Å². The number of nitrogens with one attached hydrogen (secondary N) is 1. The molecular weight excluding hydrogens is 476 g/mol. The molecule has 0 radical (unpaired) electrons.